The smallest absolute Gasteiger partial charge is 0.320 e. The number of hydrogen-bond donors (Lipinski definition) is 1. The first-order valence-corrected chi connectivity index (χ1v) is 6.90. The number of alkyl halides is 1. The molecule has 1 aromatic carbocycles. The lowest BCUT2D eigenvalue weighted by atomic mass is 10.1. The minimum Gasteiger partial charge on any atom is -0.468 e. The van der Waals surface area contributed by atoms with Crippen LogP contribution in [0.4, 0.5) is 0 Å². The van der Waals surface area contributed by atoms with Crippen LogP contribution in [0.2, 0.25) is 0 Å². The Bertz CT molecular complexity index is 394. The number of halogens is 1. The summed E-state index contributed by atoms with van der Waals surface area (Å²) in [4.78, 5) is 22.7. The summed E-state index contributed by atoms with van der Waals surface area (Å²) in [6.45, 7) is 0.306. The number of methoxy groups -OCH3 is 1. The van der Waals surface area contributed by atoms with Gasteiger partial charge in [0.2, 0.25) is 5.91 Å². The van der Waals surface area contributed by atoms with Crippen LogP contribution >= 0.6 is 22.6 Å². The van der Waals surface area contributed by atoms with E-state index in [2.05, 4.69) is 10.1 Å². The van der Waals surface area contributed by atoms with Gasteiger partial charge in [0.05, 0.1) is 7.11 Å². The number of aryl methyl sites for hydroxylation is 1. The van der Waals surface area contributed by atoms with Gasteiger partial charge < -0.3 is 10.1 Å². The SMILES string of the molecule is COC(=O)C(I)CNC(=O)CCc1ccccc1. The molecule has 1 amide bonds. The summed E-state index contributed by atoms with van der Waals surface area (Å²) in [6, 6.07) is 9.82. The Hall–Kier alpha value is -1.11. The summed E-state index contributed by atoms with van der Waals surface area (Å²) in [7, 11) is 1.34. The standard InChI is InChI=1S/C13H16INO3/c1-18-13(17)11(14)9-15-12(16)8-7-10-5-3-2-4-6-10/h2-6,11H,7-9H2,1H3,(H,15,16). The second kappa shape index (κ2) is 8.07. The van der Waals surface area contributed by atoms with Gasteiger partial charge in [-0.1, -0.05) is 52.9 Å². The summed E-state index contributed by atoms with van der Waals surface area (Å²) in [5, 5.41) is 2.72. The lowest BCUT2D eigenvalue weighted by Gasteiger charge is -2.09. The van der Waals surface area contributed by atoms with Gasteiger partial charge in [0.25, 0.3) is 0 Å². The van der Waals surface area contributed by atoms with E-state index in [1.807, 2.05) is 52.9 Å². The zero-order valence-electron chi connectivity index (χ0n) is 10.2. The van der Waals surface area contributed by atoms with E-state index in [0.717, 1.165) is 5.56 Å². The van der Waals surface area contributed by atoms with E-state index in [9.17, 15) is 9.59 Å². The van der Waals surface area contributed by atoms with E-state index in [1.165, 1.54) is 7.11 Å². The third-order valence-corrected chi connectivity index (χ3v) is 3.37. The van der Waals surface area contributed by atoms with E-state index in [4.69, 9.17) is 0 Å². The van der Waals surface area contributed by atoms with Crippen molar-refractivity contribution in [3.05, 3.63) is 35.9 Å². The molecule has 1 rings (SSSR count). The molecule has 5 heteroatoms. The Kier molecular flexibility index (Phi) is 6.70. The molecule has 0 aromatic heterocycles. The highest BCUT2D eigenvalue weighted by molar-refractivity contribution is 14.1. The predicted molar refractivity (Wildman–Crippen MR) is 77.6 cm³/mol. The fourth-order valence-corrected chi connectivity index (χ4v) is 1.88. The number of amides is 1. The molecular weight excluding hydrogens is 345 g/mol. The fraction of sp³-hybridized carbons (Fsp3) is 0.385. The van der Waals surface area contributed by atoms with Gasteiger partial charge in [-0.25, -0.2) is 0 Å². The maximum atomic E-state index is 11.6. The Morgan fingerprint density at radius 3 is 2.61 bits per heavy atom. The van der Waals surface area contributed by atoms with E-state index in [-0.39, 0.29) is 15.8 Å². The molecule has 0 saturated carbocycles. The summed E-state index contributed by atoms with van der Waals surface area (Å²) in [5.41, 5.74) is 1.13. The van der Waals surface area contributed by atoms with Crippen molar-refractivity contribution in [1.29, 1.82) is 0 Å². The molecule has 0 fully saturated rings. The largest absolute Gasteiger partial charge is 0.468 e. The molecule has 1 unspecified atom stereocenters. The third-order valence-electron chi connectivity index (χ3n) is 2.42. The Balaban J connectivity index is 2.24. The lowest BCUT2D eigenvalue weighted by Crippen LogP contribution is -2.33. The zero-order valence-corrected chi connectivity index (χ0v) is 12.3. The molecule has 1 atom stereocenters. The van der Waals surface area contributed by atoms with Crippen LogP contribution in [-0.2, 0) is 20.7 Å². The van der Waals surface area contributed by atoms with Crippen molar-refractivity contribution in [2.45, 2.75) is 16.8 Å². The van der Waals surface area contributed by atoms with Crippen LogP contribution in [0.15, 0.2) is 30.3 Å². The van der Waals surface area contributed by atoms with Gasteiger partial charge in [-0.15, -0.1) is 0 Å². The van der Waals surface area contributed by atoms with Crippen LogP contribution in [-0.4, -0.2) is 29.5 Å². The van der Waals surface area contributed by atoms with Gasteiger partial charge in [-0.3, -0.25) is 9.59 Å². The zero-order chi connectivity index (χ0) is 13.4. The minimum absolute atomic E-state index is 0.0515. The average Bonchev–Trinajstić information content (AvgIpc) is 2.42. The number of carbonyl (C=O) groups is 2. The maximum absolute atomic E-state index is 11.6. The van der Waals surface area contributed by atoms with E-state index >= 15 is 0 Å². The number of carbonyl (C=O) groups excluding carboxylic acids is 2. The van der Waals surface area contributed by atoms with Crippen LogP contribution in [0.3, 0.4) is 0 Å². The van der Waals surface area contributed by atoms with Crippen LogP contribution < -0.4 is 5.32 Å². The van der Waals surface area contributed by atoms with Gasteiger partial charge in [-0.05, 0) is 12.0 Å². The summed E-state index contributed by atoms with van der Waals surface area (Å²) in [6.07, 6.45) is 1.13. The number of rotatable bonds is 6. The molecule has 0 heterocycles. The highest BCUT2D eigenvalue weighted by atomic mass is 127. The third kappa shape index (κ3) is 5.48. The first-order valence-electron chi connectivity index (χ1n) is 5.66. The van der Waals surface area contributed by atoms with E-state index < -0.39 is 0 Å². The predicted octanol–water partition coefficient (Wildman–Crippen LogP) is 1.71. The van der Waals surface area contributed by atoms with Crippen molar-refractivity contribution >= 4 is 34.5 Å². The molecule has 1 aromatic rings. The molecular formula is C13H16INO3. The Morgan fingerprint density at radius 2 is 2.00 bits per heavy atom. The molecule has 0 saturated heterocycles. The average molecular weight is 361 g/mol. The molecule has 0 radical (unpaired) electrons. The number of nitrogens with one attached hydrogen (secondary N) is 1. The fourth-order valence-electron chi connectivity index (χ4n) is 1.41. The molecule has 4 nitrogen and oxygen atoms in total. The number of ether oxygens (including phenoxy) is 1. The first-order chi connectivity index (χ1) is 8.63. The second-order valence-corrected chi connectivity index (χ2v) is 5.28. The quantitative estimate of drug-likeness (QED) is 0.477. The van der Waals surface area contributed by atoms with Crippen LogP contribution in [0, 0.1) is 0 Å². The number of hydrogen-bond acceptors (Lipinski definition) is 3. The van der Waals surface area contributed by atoms with Gasteiger partial charge in [-0.2, -0.15) is 0 Å². The van der Waals surface area contributed by atoms with E-state index in [0.29, 0.717) is 19.4 Å². The molecule has 0 aliphatic rings. The molecule has 1 N–H and O–H groups in total. The summed E-state index contributed by atoms with van der Waals surface area (Å²) < 4.78 is 4.24. The van der Waals surface area contributed by atoms with E-state index in [1.54, 1.807) is 0 Å². The highest BCUT2D eigenvalue weighted by Gasteiger charge is 2.15. The van der Waals surface area contributed by atoms with Crippen LogP contribution in [0.1, 0.15) is 12.0 Å². The Labute approximate surface area is 120 Å². The lowest BCUT2D eigenvalue weighted by molar-refractivity contribution is -0.139. The minimum atomic E-state index is -0.340. The van der Waals surface area contributed by atoms with Crippen molar-refractivity contribution in [2.75, 3.05) is 13.7 Å². The monoisotopic (exact) mass is 361 g/mol. The molecule has 0 spiro atoms. The summed E-state index contributed by atoms with van der Waals surface area (Å²) >= 11 is 1.95. The van der Waals surface area contributed by atoms with Gasteiger partial charge in [0.15, 0.2) is 0 Å². The molecule has 98 valence electrons. The van der Waals surface area contributed by atoms with Gasteiger partial charge in [0, 0.05) is 13.0 Å². The maximum Gasteiger partial charge on any atom is 0.320 e. The molecule has 0 aliphatic carbocycles. The first kappa shape index (κ1) is 14.9. The van der Waals surface area contributed by atoms with Crippen LogP contribution in [0.25, 0.3) is 0 Å². The molecule has 0 aliphatic heterocycles. The van der Waals surface area contributed by atoms with Gasteiger partial charge in [0.1, 0.15) is 3.92 Å². The number of benzene rings is 1. The van der Waals surface area contributed by atoms with Crippen molar-refractivity contribution in [2.24, 2.45) is 0 Å². The van der Waals surface area contributed by atoms with Crippen molar-refractivity contribution in [1.82, 2.24) is 5.32 Å². The van der Waals surface area contributed by atoms with Crippen molar-refractivity contribution in [3.8, 4) is 0 Å². The second-order valence-electron chi connectivity index (χ2n) is 3.78. The summed E-state index contributed by atoms with van der Waals surface area (Å²) in [5.74, 6) is -0.372. The van der Waals surface area contributed by atoms with Crippen molar-refractivity contribution < 1.29 is 14.3 Å². The normalized spacial score (nSPS) is 11.7. The van der Waals surface area contributed by atoms with Crippen molar-refractivity contribution in [3.63, 3.8) is 0 Å². The highest BCUT2D eigenvalue weighted by Crippen LogP contribution is 2.03. The Morgan fingerprint density at radius 1 is 1.33 bits per heavy atom. The molecule has 18 heavy (non-hydrogen) atoms. The number of esters is 1. The molecule has 0 bridgehead atoms. The topological polar surface area (TPSA) is 55.4 Å². The van der Waals surface area contributed by atoms with Crippen LogP contribution in [0.5, 0.6) is 0 Å². The van der Waals surface area contributed by atoms with Gasteiger partial charge >= 0.3 is 5.97 Å².